The van der Waals surface area contributed by atoms with Crippen LogP contribution >= 0.6 is 27.3 Å². The fraction of sp³-hybridized carbons (Fsp3) is 0.0435. The Morgan fingerprint density at radius 1 is 0.889 bits per heavy atom. The highest BCUT2D eigenvalue weighted by atomic mass is 79.9. The van der Waals surface area contributed by atoms with Crippen molar-refractivity contribution in [1.29, 1.82) is 0 Å². The number of halogens is 1. The molecule has 1 N–H and O–H groups in total. The summed E-state index contributed by atoms with van der Waals surface area (Å²) in [7, 11) is 1.57. The first-order valence-electron chi connectivity index (χ1n) is 8.57. The van der Waals surface area contributed by atoms with E-state index in [0.717, 1.165) is 5.56 Å². The second kappa shape index (κ2) is 6.25. The minimum absolute atomic E-state index is 0.118. The number of hydrogen-bond acceptors (Lipinski definition) is 3. The van der Waals surface area contributed by atoms with Gasteiger partial charge in [0.25, 0.3) is 0 Å². The lowest BCUT2D eigenvalue weighted by Crippen LogP contribution is -1.89. The van der Waals surface area contributed by atoms with Gasteiger partial charge in [0.2, 0.25) is 0 Å². The molecule has 0 spiro atoms. The van der Waals surface area contributed by atoms with Crippen LogP contribution in [0, 0.1) is 0 Å². The molecule has 0 bridgehead atoms. The number of aromatic hydroxyl groups is 1. The van der Waals surface area contributed by atoms with Crippen molar-refractivity contribution in [1.82, 2.24) is 0 Å². The van der Waals surface area contributed by atoms with Crippen LogP contribution < -0.4 is 4.74 Å². The molecule has 2 nitrogen and oxygen atoms in total. The molecule has 27 heavy (non-hydrogen) atoms. The first-order chi connectivity index (χ1) is 13.2. The zero-order chi connectivity index (χ0) is 18.5. The maximum Gasteiger partial charge on any atom is 0.172 e. The van der Waals surface area contributed by atoms with Crippen LogP contribution in [0.25, 0.3) is 42.1 Å². The maximum absolute atomic E-state index is 10.3. The Morgan fingerprint density at radius 3 is 2.44 bits per heavy atom. The molecule has 0 radical (unpaired) electrons. The zero-order valence-corrected chi connectivity index (χ0v) is 16.9. The van der Waals surface area contributed by atoms with Crippen LogP contribution in [-0.2, 0) is 0 Å². The molecule has 0 fully saturated rings. The molecular weight excluding hydrogens is 420 g/mol. The Kier molecular flexibility index (Phi) is 3.85. The molecule has 1 aromatic heterocycles. The van der Waals surface area contributed by atoms with Gasteiger partial charge in [0, 0.05) is 20.2 Å². The summed E-state index contributed by atoms with van der Waals surface area (Å²) in [6.45, 7) is 0. The van der Waals surface area contributed by atoms with E-state index in [1.165, 1.54) is 36.5 Å². The number of fused-ring (bicyclic) bond motifs is 4. The zero-order valence-electron chi connectivity index (χ0n) is 14.5. The van der Waals surface area contributed by atoms with Gasteiger partial charge in [-0.05, 0) is 62.1 Å². The summed E-state index contributed by atoms with van der Waals surface area (Å²) in [5.41, 5.74) is 2.18. The molecule has 1 heterocycles. The summed E-state index contributed by atoms with van der Waals surface area (Å²) in [6, 6.07) is 23.1. The average molecular weight is 435 g/mol. The monoisotopic (exact) mass is 434 g/mol. The van der Waals surface area contributed by atoms with Crippen LogP contribution in [0.3, 0.4) is 0 Å². The molecule has 0 aliphatic carbocycles. The summed E-state index contributed by atoms with van der Waals surface area (Å²) >= 11 is 5.29. The van der Waals surface area contributed by atoms with E-state index in [1.807, 2.05) is 23.5 Å². The topological polar surface area (TPSA) is 29.5 Å². The highest BCUT2D eigenvalue weighted by Gasteiger charge is 2.17. The fourth-order valence-electron chi connectivity index (χ4n) is 3.72. The van der Waals surface area contributed by atoms with Crippen LogP contribution in [0.15, 0.2) is 71.2 Å². The number of methoxy groups -OCH3 is 1. The van der Waals surface area contributed by atoms with Gasteiger partial charge in [-0.2, -0.15) is 0 Å². The Bertz CT molecular complexity index is 1340. The number of phenols is 1. The number of ether oxygens (including phenoxy) is 1. The molecular formula is C23H15BrO2S. The molecule has 132 valence electrons. The molecule has 0 saturated carbocycles. The molecule has 0 unspecified atom stereocenters. The molecule has 4 heteroatoms. The largest absolute Gasteiger partial charge is 0.503 e. The Labute approximate surface area is 168 Å². The van der Waals surface area contributed by atoms with Gasteiger partial charge in [-0.25, -0.2) is 0 Å². The number of rotatable bonds is 2. The Balaban J connectivity index is 2.01. The van der Waals surface area contributed by atoms with Crippen LogP contribution in [0.1, 0.15) is 0 Å². The van der Waals surface area contributed by atoms with E-state index in [2.05, 4.69) is 70.5 Å². The van der Waals surface area contributed by atoms with Crippen molar-refractivity contribution < 1.29 is 9.84 Å². The van der Waals surface area contributed by atoms with Crippen molar-refractivity contribution in [3.63, 3.8) is 0 Å². The predicted molar refractivity (Wildman–Crippen MR) is 118 cm³/mol. The van der Waals surface area contributed by atoms with Crippen LogP contribution in [0.5, 0.6) is 11.5 Å². The van der Waals surface area contributed by atoms with Gasteiger partial charge < -0.3 is 9.84 Å². The molecule has 0 saturated heterocycles. The standard InChI is InChI=1S/C23H15BrO2S/c1-26-18-11-14(10-17(24)23(18)25)21-15-7-3-2-6-13(15)12-20-22(21)16-8-4-5-9-19(16)27-20/h2-12,25H,1H3. The lowest BCUT2D eigenvalue weighted by molar-refractivity contribution is 0.372. The van der Waals surface area contributed by atoms with Crippen LogP contribution in [0.2, 0.25) is 0 Å². The van der Waals surface area contributed by atoms with E-state index in [4.69, 9.17) is 4.74 Å². The molecule has 5 rings (SSSR count). The highest BCUT2D eigenvalue weighted by Crippen LogP contribution is 2.47. The minimum Gasteiger partial charge on any atom is -0.503 e. The minimum atomic E-state index is 0.118. The van der Waals surface area contributed by atoms with Crippen molar-refractivity contribution in [2.45, 2.75) is 0 Å². The second-order valence-corrected chi connectivity index (χ2v) is 8.39. The summed E-state index contributed by atoms with van der Waals surface area (Å²) in [6.07, 6.45) is 0. The van der Waals surface area contributed by atoms with Crippen LogP contribution in [0.4, 0.5) is 0 Å². The number of hydrogen-bond donors (Lipinski definition) is 1. The normalized spacial score (nSPS) is 11.5. The van der Waals surface area contributed by atoms with Gasteiger partial charge in [0.15, 0.2) is 11.5 Å². The van der Waals surface area contributed by atoms with Gasteiger partial charge in [0.05, 0.1) is 11.6 Å². The molecule has 0 aliphatic rings. The summed E-state index contributed by atoms with van der Waals surface area (Å²) in [5, 5.41) is 15.1. The Hall–Kier alpha value is -2.56. The number of phenolic OH excluding ortho intramolecular Hbond substituents is 1. The van der Waals surface area contributed by atoms with E-state index in [-0.39, 0.29) is 5.75 Å². The van der Waals surface area contributed by atoms with E-state index >= 15 is 0 Å². The van der Waals surface area contributed by atoms with Crippen molar-refractivity contribution in [3.8, 4) is 22.6 Å². The quantitative estimate of drug-likeness (QED) is 0.314. The van der Waals surface area contributed by atoms with Crippen molar-refractivity contribution in [2.75, 3.05) is 7.11 Å². The smallest absolute Gasteiger partial charge is 0.172 e. The first-order valence-corrected chi connectivity index (χ1v) is 10.2. The van der Waals surface area contributed by atoms with Gasteiger partial charge in [-0.3, -0.25) is 0 Å². The summed E-state index contributed by atoms with van der Waals surface area (Å²) < 4.78 is 8.56. The van der Waals surface area contributed by atoms with Crippen molar-refractivity contribution in [2.24, 2.45) is 0 Å². The third-order valence-corrected chi connectivity index (χ3v) is 6.65. The maximum atomic E-state index is 10.3. The molecule has 0 atom stereocenters. The third kappa shape index (κ3) is 2.52. The second-order valence-electron chi connectivity index (χ2n) is 6.45. The molecule has 0 aliphatic heterocycles. The fourth-order valence-corrected chi connectivity index (χ4v) is 5.33. The third-order valence-electron chi connectivity index (χ3n) is 4.93. The lowest BCUT2D eigenvalue weighted by Gasteiger charge is -2.13. The Morgan fingerprint density at radius 2 is 1.63 bits per heavy atom. The molecule has 4 aromatic carbocycles. The predicted octanol–water partition coefficient (Wildman–Crippen LogP) is 7.35. The summed E-state index contributed by atoms with van der Waals surface area (Å²) in [5.74, 6) is 0.577. The van der Waals surface area contributed by atoms with Crippen molar-refractivity contribution in [3.05, 3.63) is 71.2 Å². The molecule has 0 amide bonds. The average Bonchev–Trinajstić information content (AvgIpc) is 3.06. The van der Waals surface area contributed by atoms with E-state index < -0.39 is 0 Å². The van der Waals surface area contributed by atoms with Gasteiger partial charge >= 0.3 is 0 Å². The van der Waals surface area contributed by atoms with E-state index in [0.29, 0.717) is 10.2 Å². The van der Waals surface area contributed by atoms with Crippen LogP contribution in [-0.4, -0.2) is 12.2 Å². The highest BCUT2D eigenvalue weighted by molar-refractivity contribution is 9.10. The van der Waals surface area contributed by atoms with Crippen molar-refractivity contribution >= 4 is 58.2 Å². The van der Waals surface area contributed by atoms with Gasteiger partial charge in [-0.15, -0.1) is 11.3 Å². The van der Waals surface area contributed by atoms with Gasteiger partial charge in [-0.1, -0.05) is 42.5 Å². The SMILES string of the molecule is COc1cc(-c2c3ccccc3cc3sc4ccccc4c23)cc(Br)c1O. The number of benzene rings is 4. The number of thiophene rings is 1. The first kappa shape index (κ1) is 16.6. The molecule has 5 aromatic rings. The van der Waals surface area contributed by atoms with Gasteiger partial charge in [0.1, 0.15) is 0 Å². The lowest BCUT2D eigenvalue weighted by atomic mass is 9.93. The summed E-state index contributed by atoms with van der Waals surface area (Å²) in [4.78, 5) is 0. The van der Waals surface area contributed by atoms with E-state index in [9.17, 15) is 5.11 Å². The van der Waals surface area contributed by atoms with E-state index in [1.54, 1.807) is 7.11 Å².